The Kier molecular flexibility index (Phi) is 6.18. The average Bonchev–Trinajstić information content (AvgIpc) is 3.45. The summed E-state index contributed by atoms with van der Waals surface area (Å²) < 4.78 is 0. The highest BCUT2D eigenvalue weighted by molar-refractivity contribution is 5.89. The predicted octanol–water partition coefficient (Wildman–Crippen LogP) is 3.53. The minimum absolute atomic E-state index is 0.740. The number of benzene rings is 1. The fourth-order valence-corrected chi connectivity index (χ4v) is 5.32. The number of nitrogens with zero attached hydrogens (tertiary/aromatic N) is 4. The molecule has 6 rings (SSSR count). The number of nitrogens with one attached hydrogen (secondary N) is 2. The van der Waals surface area contributed by atoms with Crippen LogP contribution in [0.3, 0.4) is 0 Å². The molecule has 2 N–H and O–H groups in total. The van der Waals surface area contributed by atoms with Gasteiger partial charge in [0.05, 0.1) is 17.7 Å². The number of anilines is 1. The van der Waals surface area contributed by atoms with Crippen LogP contribution in [0, 0.1) is 0 Å². The smallest absolute Gasteiger partial charge is 0.121 e. The standard InChI is InChI=1S/C16H23N5.C9H11N/c1-17-10-15-18-13-5-2-6-14(16(13)19-15)21-9-8-20-7-3-4-12(20)11-21;1-2-6-9-8(4-1)5-3-7-10-9/h2,5-6,12,17H,3-4,7-11H2,1H3,(H,18,19);3,5,7H,1-2,4,6H2/t12-;/m1./s1. The largest absolute Gasteiger partial charge is 0.367 e. The molecule has 2 aromatic heterocycles. The van der Waals surface area contributed by atoms with Crippen LogP contribution in [0.15, 0.2) is 36.5 Å². The number of hydrogen-bond acceptors (Lipinski definition) is 5. The highest BCUT2D eigenvalue weighted by atomic mass is 15.3. The van der Waals surface area contributed by atoms with E-state index in [0.29, 0.717) is 0 Å². The van der Waals surface area contributed by atoms with Gasteiger partial charge in [-0.25, -0.2) is 4.98 Å². The van der Waals surface area contributed by atoms with E-state index < -0.39 is 0 Å². The van der Waals surface area contributed by atoms with E-state index in [1.54, 1.807) is 0 Å². The van der Waals surface area contributed by atoms with Crippen molar-refractivity contribution in [3.05, 3.63) is 53.6 Å². The summed E-state index contributed by atoms with van der Waals surface area (Å²) >= 11 is 0. The third kappa shape index (κ3) is 4.46. The fraction of sp³-hybridized carbons (Fsp3) is 0.520. The van der Waals surface area contributed by atoms with Gasteiger partial charge in [0, 0.05) is 37.6 Å². The number of piperazine rings is 1. The SMILES string of the molecule is CNCc1nc2c(N3CCN4CCC[C@@H]4C3)cccc2[nH]1.c1cnc2c(c1)CCCC2. The first-order chi connectivity index (χ1) is 15.3. The number of para-hydroxylation sites is 1. The van der Waals surface area contributed by atoms with Crippen LogP contribution in [0.2, 0.25) is 0 Å². The zero-order valence-corrected chi connectivity index (χ0v) is 18.6. The molecule has 164 valence electrons. The summed E-state index contributed by atoms with van der Waals surface area (Å²) in [6, 6.07) is 11.4. The van der Waals surface area contributed by atoms with Gasteiger partial charge in [0.2, 0.25) is 0 Å². The first-order valence-corrected chi connectivity index (χ1v) is 11.9. The van der Waals surface area contributed by atoms with Gasteiger partial charge in [-0.2, -0.15) is 0 Å². The number of H-pyrrole nitrogens is 1. The van der Waals surface area contributed by atoms with Crippen LogP contribution in [0.5, 0.6) is 0 Å². The molecule has 1 aromatic carbocycles. The van der Waals surface area contributed by atoms with E-state index in [0.717, 1.165) is 42.5 Å². The Hall–Kier alpha value is -2.44. The molecule has 3 aromatic rings. The second-order valence-electron chi connectivity index (χ2n) is 8.98. The van der Waals surface area contributed by atoms with Gasteiger partial charge in [0.1, 0.15) is 11.3 Å². The molecule has 0 bridgehead atoms. The minimum atomic E-state index is 0.740. The summed E-state index contributed by atoms with van der Waals surface area (Å²) in [5.41, 5.74) is 6.35. The third-order valence-corrected chi connectivity index (χ3v) is 6.91. The van der Waals surface area contributed by atoms with Crippen LogP contribution in [0.1, 0.15) is 42.8 Å². The lowest BCUT2D eigenvalue weighted by Crippen LogP contribution is -2.50. The van der Waals surface area contributed by atoms with Gasteiger partial charge in [-0.05, 0) is 75.9 Å². The molecule has 1 atom stereocenters. The molecule has 2 aliphatic heterocycles. The molecular weight excluding hydrogens is 384 g/mol. The maximum absolute atomic E-state index is 4.79. The molecule has 0 spiro atoms. The van der Waals surface area contributed by atoms with E-state index in [4.69, 9.17) is 4.98 Å². The zero-order chi connectivity index (χ0) is 21.0. The number of fused-ring (bicyclic) bond motifs is 3. The molecule has 6 heteroatoms. The van der Waals surface area contributed by atoms with Crippen molar-refractivity contribution < 1.29 is 0 Å². The summed E-state index contributed by atoms with van der Waals surface area (Å²) in [4.78, 5) is 17.7. The monoisotopic (exact) mass is 418 g/mol. The molecule has 4 heterocycles. The van der Waals surface area contributed by atoms with Crippen molar-refractivity contribution in [1.82, 2.24) is 25.2 Å². The van der Waals surface area contributed by atoms with Crippen molar-refractivity contribution in [3.63, 3.8) is 0 Å². The number of aryl methyl sites for hydroxylation is 2. The quantitative estimate of drug-likeness (QED) is 0.681. The predicted molar refractivity (Wildman–Crippen MR) is 127 cm³/mol. The van der Waals surface area contributed by atoms with Crippen LogP contribution in [-0.2, 0) is 19.4 Å². The molecule has 2 saturated heterocycles. The molecule has 0 amide bonds. The van der Waals surface area contributed by atoms with Gasteiger partial charge in [-0.1, -0.05) is 12.1 Å². The topological polar surface area (TPSA) is 60.1 Å². The molecule has 1 aliphatic carbocycles. The first-order valence-electron chi connectivity index (χ1n) is 11.9. The van der Waals surface area contributed by atoms with Gasteiger partial charge >= 0.3 is 0 Å². The fourth-order valence-electron chi connectivity index (χ4n) is 5.32. The summed E-state index contributed by atoms with van der Waals surface area (Å²) in [5, 5.41) is 3.16. The molecule has 31 heavy (non-hydrogen) atoms. The first kappa shape index (κ1) is 20.5. The Labute approximate surface area is 185 Å². The second kappa shape index (κ2) is 9.37. The number of aromatic amines is 1. The molecule has 0 unspecified atom stereocenters. The highest BCUT2D eigenvalue weighted by Gasteiger charge is 2.31. The van der Waals surface area contributed by atoms with Gasteiger partial charge in [0.15, 0.2) is 0 Å². The van der Waals surface area contributed by atoms with Gasteiger partial charge < -0.3 is 15.2 Å². The number of pyridine rings is 1. The molecule has 3 aliphatic rings. The maximum Gasteiger partial charge on any atom is 0.121 e. The van der Waals surface area contributed by atoms with Crippen LogP contribution < -0.4 is 10.2 Å². The minimum Gasteiger partial charge on any atom is -0.367 e. The van der Waals surface area contributed by atoms with Crippen LogP contribution in [0.4, 0.5) is 5.69 Å². The summed E-state index contributed by atoms with van der Waals surface area (Å²) in [5.74, 6) is 1.01. The van der Waals surface area contributed by atoms with Crippen molar-refractivity contribution in [2.24, 2.45) is 0 Å². The Morgan fingerprint density at radius 3 is 2.90 bits per heavy atom. The summed E-state index contributed by atoms with van der Waals surface area (Å²) in [6.45, 7) is 5.52. The number of aromatic nitrogens is 3. The molecule has 0 saturated carbocycles. The van der Waals surface area contributed by atoms with Crippen molar-refractivity contribution in [3.8, 4) is 0 Å². The third-order valence-electron chi connectivity index (χ3n) is 6.91. The lowest BCUT2D eigenvalue weighted by atomic mass is 9.96. The van der Waals surface area contributed by atoms with Crippen LogP contribution in [-0.4, -0.2) is 59.1 Å². The number of rotatable bonds is 3. The van der Waals surface area contributed by atoms with Gasteiger partial charge in [0.25, 0.3) is 0 Å². The average molecular weight is 419 g/mol. The maximum atomic E-state index is 4.79. The molecule has 6 nitrogen and oxygen atoms in total. The second-order valence-corrected chi connectivity index (χ2v) is 8.98. The normalized spacial score (nSPS) is 20.8. The van der Waals surface area contributed by atoms with E-state index >= 15 is 0 Å². The Balaban J connectivity index is 0.000000171. The number of imidazole rings is 1. The molecule has 0 radical (unpaired) electrons. The van der Waals surface area contributed by atoms with Gasteiger partial charge in [-0.3, -0.25) is 9.88 Å². The summed E-state index contributed by atoms with van der Waals surface area (Å²) in [6.07, 6.45) is 9.70. The summed E-state index contributed by atoms with van der Waals surface area (Å²) in [7, 11) is 1.95. The molecule has 2 fully saturated rings. The van der Waals surface area contributed by atoms with Crippen molar-refractivity contribution in [2.45, 2.75) is 51.1 Å². The van der Waals surface area contributed by atoms with Crippen molar-refractivity contribution in [1.29, 1.82) is 0 Å². The van der Waals surface area contributed by atoms with Crippen LogP contribution in [0.25, 0.3) is 11.0 Å². The Morgan fingerprint density at radius 1 is 1.06 bits per heavy atom. The zero-order valence-electron chi connectivity index (χ0n) is 18.6. The lowest BCUT2D eigenvalue weighted by Gasteiger charge is -2.38. The van der Waals surface area contributed by atoms with E-state index in [1.807, 2.05) is 19.3 Å². The van der Waals surface area contributed by atoms with Gasteiger partial charge in [-0.15, -0.1) is 0 Å². The van der Waals surface area contributed by atoms with E-state index in [2.05, 4.69) is 49.4 Å². The van der Waals surface area contributed by atoms with Crippen molar-refractivity contribution in [2.75, 3.05) is 38.1 Å². The highest BCUT2D eigenvalue weighted by Crippen LogP contribution is 2.30. The van der Waals surface area contributed by atoms with E-state index in [1.165, 1.54) is 68.6 Å². The number of hydrogen-bond donors (Lipinski definition) is 2. The Morgan fingerprint density at radius 2 is 2.00 bits per heavy atom. The van der Waals surface area contributed by atoms with E-state index in [9.17, 15) is 0 Å². The Bertz CT molecular complexity index is 987. The van der Waals surface area contributed by atoms with Crippen molar-refractivity contribution >= 4 is 16.7 Å². The lowest BCUT2D eigenvalue weighted by molar-refractivity contribution is 0.231. The van der Waals surface area contributed by atoms with Crippen LogP contribution >= 0.6 is 0 Å². The van der Waals surface area contributed by atoms with E-state index in [-0.39, 0.29) is 0 Å². The molecular formula is C25H34N6.